The number of hydrogen-bond acceptors (Lipinski definition) is 2. The lowest BCUT2D eigenvalue weighted by molar-refractivity contribution is 0.523. The predicted molar refractivity (Wildman–Crippen MR) is 69.8 cm³/mol. The summed E-state index contributed by atoms with van der Waals surface area (Å²) in [5.41, 5.74) is 1.09. The third-order valence-corrected chi connectivity index (χ3v) is 2.56. The molecular weight excluding hydrogens is 198 g/mol. The molecule has 0 aliphatic heterocycles. The Hall–Kier alpha value is -0.990. The first-order chi connectivity index (χ1) is 7.52. The highest BCUT2D eigenvalue weighted by Gasteiger charge is 2.09. The fourth-order valence-corrected chi connectivity index (χ4v) is 1.92. The van der Waals surface area contributed by atoms with Gasteiger partial charge in [0.2, 0.25) is 5.95 Å². The minimum Gasteiger partial charge on any atom is -0.353 e. The van der Waals surface area contributed by atoms with Crippen molar-refractivity contribution in [1.82, 2.24) is 9.55 Å². The van der Waals surface area contributed by atoms with E-state index in [-0.39, 0.29) is 0 Å². The van der Waals surface area contributed by atoms with Gasteiger partial charge in [-0.3, -0.25) is 0 Å². The Morgan fingerprint density at radius 2 is 2.06 bits per heavy atom. The molecule has 1 aromatic rings. The molecule has 16 heavy (non-hydrogen) atoms. The number of nitrogens with zero attached hydrogens (tertiary/aromatic N) is 2. The second-order valence-electron chi connectivity index (χ2n) is 5.09. The summed E-state index contributed by atoms with van der Waals surface area (Å²) in [5.74, 6) is 1.67. The Kier molecular flexibility index (Phi) is 4.84. The first-order valence-electron chi connectivity index (χ1n) is 6.33. The van der Waals surface area contributed by atoms with Gasteiger partial charge in [-0.25, -0.2) is 4.98 Å². The van der Waals surface area contributed by atoms with Gasteiger partial charge in [0.05, 0.1) is 5.69 Å². The maximum absolute atomic E-state index is 4.54. The molecule has 0 aliphatic rings. The van der Waals surface area contributed by atoms with Gasteiger partial charge in [0, 0.05) is 18.8 Å². The summed E-state index contributed by atoms with van der Waals surface area (Å²) in [7, 11) is 0. The van der Waals surface area contributed by atoms with Crippen LogP contribution >= 0.6 is 0 Å². The highest BCUT2D eigenvalue weighted by atomic mass is 15.2. The maximum atomic E-state index is 4.54. The van der Waals surface area contributed by atoms with E-state index in [9.17, 15) is 0 Å². The van der Waals surface area contributed by atoms with E-state index in [4.69, 9.17) is 0 Å². The molecule has 1 N–H and O–H groups in total. The van der Waals surface area contributed by atoms with Crippen molar-refractivity contribution in [2.45, 2.75) is 60.0 Å². The van der Waals surface area contributed by atoms with Crippen LogP contribution in [0.15, 0.2) is 6.20 Å². The Labute approximate surface area is 99.3 Å². The summed E-state index contributed by atoms with van der Waals surface area (Å²) in [4.78, 5) is 4.54. The molecule has 1 heterocycles. The SMILES string of the molecule is CCCC(C)Nc1nc(C)cn1CC(C)C. The third kappa shape index (κ3) is 3.87. The van der Waals surface area contributed by atoms with Crippen LogP contribution in [-0.2, 0) is 6.54 Å². The second-order valence-corrected chi connectivity index (χ2v) is 5.09. The summed E-state index contributed by atoms with van der Waals surface area (Å²) in [6.45, 7) is 12.0. The molecule has 0 bridgehead atoms. The number of hydrogen-bond donors (Lipinski definition) is 1. The van der Waals surface area contributed by atoms with Gasteiger partial charge in [0.15, 0.2) is 0 Å². The van der Waals surface area contributed by atoms with Crippen LogP contribution in [0.4, 0.5) is 5.95 Å². The van der Waals surface area contributed by atoms with E-state index >= 15 is 0 Å². The molecule has 3 nitrogen and oxygen atoms in total. The van der Waals surface area contributed by atoms with Gasteiger partial charge in [-0.1, -0.05) is 27.2 Å². The lowest BCUT2D eigenvalue weighted by atomic mass is 10.2. The quantitative estimate of drug-likeness (QED) is 0.800. The van der Waals surface area contributed by atoms with Crippen LogP contribution < -0.4 is 5.32 Å². The monoisotopic (exact) mass is 223 g/mol. The van der Waals surface area contributed by atoms with E-state index in [1.807, 2.05) is 6.92 Å². The molecule has 3 heteroatoms. The summed E-state index contributed by atoms with van der Waals surface area (Å²) >= 11 is 0. The first-order valence-corrected chi connectivity index (χ1v) is 6.33. The number of imidazole rings is 1. The lowest BCUT2D eigenvalue weighted by Gasteiger charge is -2.16. The van der Waals surface area contributed by atoms with Crippen LogP contribution in [0.5, 0.6) is 0 Å². The third-order valence-electron chi connectivity index (χ3n) is 2.56. The van der Waals surface area contributed by atoms with Gasteiger partial charge in [-0.05, 0) is 26.2 Å². The molecule has 0 saturated heterocycles. The summed E-state index contributed by atoms with van der Waals surface area (Å²) in [6, 6.07) is 0.498. The largest absolute Gasteiger partial charge is 0.353 e. The molecule has 92 valence electrons. The first kappa shape index (κ1) is 13.1. The number of rotatable bonds is 6. The van der Waals surface area contributed by atoms with Gasteiger partial charge in [-0.15, -0.1) is 0 Å². The fraction of sp³-hybridized carbons (Fsp3) is 0.769. The zero-order valence-electron chi connectivity index (χ0n) is 11.2. The zero-order chi connectivity index (χ0) is 12.1. The number of anilines is 1. The van der Waals surface area contributed by atoms with Crippen LogP contribution in [0.1, 0.15) is 46.2 Å². The molecule has 1 atom stereocenters. The van der Waals surface area contributed by atoms with Crippen molar-refractivity contribution in [3.05, 3.63) is 11.9 Å². The van der Waals surface area contributed by atoms with Gasteiger partial charge < -0.3 is 9.88 Å². The van der Waals surface area contributed by atoms with Crippen molar-refractivity contribution in [2.24, 2.45) is 5.92 Å². The molecule has 1 rings (SSSR count). The van der Waals surface area contributed by atoms with Crippen LogP contribution in [0, 0.1) is 12.8 Å². The summed E-state index contributed by atoms with van der Waals surface area (Å²) < 4.78 is 2.23. The molecule has 0 radical (unpaired) electrons. The Bertz CT molecular complexity index is 315. The topological polar surface area (TPSA) is 29.9 Å². The molecule has 0 aromatic carbocycles. The minimum absolute atomic E-state index is 0.498. The molecule has 0 spiro atoms. The Balaban J connectivity index is 2.70. The van der Waals surface area contributed by atoms with E-state index in [1.165, 1.54) is 12.8 Å². The Morgan fingerprint density at radius 1 is 1.38 bits per heavy atom. The molecular formula is C13H25N3. The average Bonchev–Trinajstić information content (AvgIpc) is 2.45. The van der Waals surface area contributed by atoms with E-state index < -0.39 is 0 Å². The van der Waals surface area contributed by atoms with E-state index in [0.717, 1.165) is 18.2 Å². The average molecular weight is 223 g/mol. The predicted octanol–water partition coefficient (Wildman–Crippen LogP) is 3.45. The second kappa shape index (κ2) is 5.92. The van der Waals surface area contributed by atoms with Gasteiger partial charge in [0.1, 0.15) is 0 Å². The van der Waals surface area contributed by atoms with Crippen molar-refractivity contribution in [2.75, 3.05) is 5.32 Å². The fourth-order valence-electron chi connectivity index (χ4n) is 1.92. The number of aryl methyl sites for hydroxylation is 1. The maximum Gasteiger partial charge on any atom is 0.203 e. The van der Waals surface area contributed by atoms with Crippen molar-refractivity contribution >= 4 is 5.95 Å². The molecule has 0 aliphatic carbocycles. The van der Waals surface area contributed by atoms with Crippen LogP contribution in [0.2, 0.25) is 0 Å². The number of nitrogens with one attached hydrogen (secondary N) is 1. The molecule has 1 aromatic heterocycles. The molecule has 0 amide bonds. The van der Waals surface area contributed by atoms with Crippen molar-refractivity contribution in [3.8, 4) is 0 Å². The smallest absolute Gasteiger partial charge is 0.203 e. The van der Waals surface area contributed by atoms with Crippen LogP contribution in [0.3, 0.4) is 0 Å². The van der Waals surface area contributed by atoms with Crippen LogP contribution in [0.25, 0.3) is 0 Å². The summed E-state index contributed by atoms with van der Waals surface area (Å²) in [5, 5.41) is 3.49. The highest BCUT2D eigenvalue weighted by molar-refractivity contribution is 5.29. The van der Waals surface area contributed by atoms with Gasteiger partial charge >= 0.3 is 0 Å². The number of aromatic nitrogens is 2. The standard InChI is InChI=1S/C13H25N3/c1-6-7-11(4)14-13-15-12(5)9-16(13)8-10(2)3/h9-11H,6-8H2,1-5H3,(H,14,15). The van der Waals surface area contributed by atoms with E-state index in [2.05, 4.69) is 48.8 Å². The van der Waals surface area contributed by atoms with Crippen LogP contribution in [-0.4, -0.2) is 15.6 Å². The molecule has 0 fully saturated rings. The van der Waals surface area contributed by atoms with Crippen molar-refractivity contribution in [1.29, 1.82) is 0 Å². The van der Waals surface area contributed by atoms with Gasteiger partial charge in [-0.2, -0.15) is 0 Å². The Morgan fingerprint density at radius 3 is 2.62 bits per heavy atom. The molecule has 1 unspecified atom stereocenters. The normalized spacial score (nSPS) is 13.1. The van der Waals surface area contributed by atoms with E-state index in [0.29, 0.717) is 12.0 Å². The lowest BCUT2D eigenvalue weighted by Crippen LogP contribution is -2.19. The van der Waals surface area contributed by atoms with Gasteiger partial charge in [0.25, 0.3) is 0 Å². The minimum atomic E-state index is 0.498. The van der Waals surface area contributed by atoms with E-state index in [1.54, 1.807) is 0 Å². The van der Waals surface area contributed by atoms with Crippen molar-refractivity contribution in [3.63, 3.8) is 0 Å². The molecule has 0 saturated carbocycles. The van der Waals surface area contributed by atoms with Crippen molar-refractivity contribution < 1.29 is 0 Å². The zero-order valence-corrected chi connectivity index (χ0v) is 11.2. The highest BCUT2D eigenvalue weighted by Crippen LogP contribution is 2.13. The summed E-state index contributed by atoms with van der Waals surface area (Å²) in [6.07, 6.45) is 4.52.